The lowest BCUT2D eigenvalue weighted by molar-refractivity contribution is -0.147. The van der Waals surface area contributed by atoms with Gasteiger partial charge in [-0.25, -0.2) is 0 Å². The third kappa shape index (κ3) is 5.04. The van der Waals surface area contributed by atoms with Gasteiger partial charge >= 0.3 is 5.97 Å². The van der Waals surface area contributed by atoms with Crippen LogP contribution in [0.3, 0.4) is 0 Å². The van der Waals surface area contributed by atoms with Gasteiger partial charge in [-0.05, 0) is 32.6 Å². The van der Waals surface area contributed by atoms with Gasteiger partial charge in [-0.3, -0.25) is 14.3 Å². The topological polar surface area (TPSA) is 84.7 Å². The van der Waals surface area contributed by atoms with Crippen molar-refractivity contribution in [3.8, 4) is 0 Å². The Labute approximate surface area is 148 Å². The Morgan fingerprint density at radius 3 is 2.52 bits per heavy atom. The summed E-state index contributed by atoms with van der Waals surface area (Å²) in [6, 6.07) is -0.0660. The van der Waals surface area contributed by atoms with Crippen LogP contribution in [0.2, 0.25) is 0 Å². The van der Waals surface area contributed by atoms with Crippen molar-refractivity contribution in [3.05, 3.63) is 17.0 Å². The van der Waals surface area contributed by atoms with E-state index in [2.05, 4.69) is 18.9 Å². The maximum absolute atomic E-state index is 12.9. The molecule has 1 fully saturated rings. The Bertz CT molecular complexity index is 618. The summed E-state index contributed by atoms with van der Waals surface area (Å²) >= 11 is 0. The van der Waals surface area contributed by atoms with Crippen molar-refractivity contribution in [2.24, 2.45) is 5.92 Å². The Balaban J connectivity index is 2.17. The second-order valence-corrected chi connectivity index (χ2v) is 7.16. The number of aliphatic carboxylic acids is 1. The molecular weight excluding hydrogens is 322 g/mol. The average Bonchev–Trinajstić information content (AvgIpc) is 2.80. The van der Waals surface area contributed by atoms with Gasteiger partial charge in [0.05, 0.1) is 12.1 Å². The molecule has 1 aliphatic heterocycles. The van der Waals surface area contributed by atoms with Crippen LogP contribution in [0, 0.1) is 19.8 Å². The average molecular weight is 351 g/mol. The minimum absolute atomic E-state index is 0.0660. The van der Waals surface area contributed by atoms with Crippen molar-refractivity contribution in [1.82, 2.24) is 14.7 Å². The normalized spacial score (nSPS) is 15.6. The van der Waals surface area contributed by atoms with Crippen LogP contribution < -0.4 is 0 Å². The Morgan fingerprint density at radius 1 is 1.32 bits per heavy atom. The molecule has 0 radical (unpaired) electrons. The van der Waals surface area contributed by atoms with Gasteiger partial charge in [0.15, 0.2) is 0 Å². The summed E-state index contributed by atoms with van der Waals surface area (Å²) in [6.07, 6.45) is 1.56. The summed E-state index contributed by atoms with van der Waals surface area (Å²) in [5.74, 6) is -0.666. The molecule has 1 saturated heterocycles. The van der Waals surface area contributed by atoms with E-state index < -0.39 is 5.97 Å². The number of carboxylic acids is 1. The summed E-state index contributed by atoms with van der Waals surface area (Å²) in [5.41, 5.74) is 2.74. The smallest absolute Gasteiger partial charge is 0.323 e. The second kappa shape index (κ2) is 8.47. The molecule has 7 nitrogen and oxygen atoms in total. The first kappa shape index (κ1) is 19.4. The summed E-state index contributed by atoms with van der Waals surface area (Å²) in [6.45, 7) is 9.81. The molecule has 1 N–H and O–H groups in total. The van der Waals surface area contributed by atoms with Crippen LogP contribution in [0.4, 0.5) is 0 Å². The maximum atomic E-state index is 12.9. The Morgan fingerprint density at radius 2 is 1.96 bits per heavy atom. The molecule has 2 heterocycles. The van der Waals surface area contributed by atoms with E-state index in [0.29, 0.717) is 32.0 Å². The summed E-state index contributed by atoms with van der Waals surface area (Å²) in [4.78, 5) is 25.6. The van der Waals surface area contributed by atoms with Crippen LogP contribution in [0.25, 0.3) is 0 Å². The minimum atomic E-state index is -0.983. The van der Waals surface area contributed by atoms with Gasteiger partial charge in [-0.2, -0.15) is 5.10 Å². The number of rotatable bonds is 7. The molecule has 25 heavy (non-hydrogen) atoms. The van der Waals surface area contributed by atoms with E-state index >= 15 is 0 Å². The number of amides is 1. The quantitative estimate of drug-likeness (QED) is 0.809. The summed E-state index contributed by atoms with van der Waals surface area (Å²) in [7, 11) is 0. The van der Waals surface area contributed by atoms with E-state index in [1.807, 2.05) is 18.5 Å². The van der Waals surface area contributed by atoms with Crippen molar-refractivity contribution in [2.45, 2.75) is 59.5 Å². The summed E-state index contributed by atoms with van der Waals surface area (Å²) in [5, 5.41) is 13.7. The predicted octanol–water partition coefficient (Wildman–Crippen LogP) is 1.79. The molecule has 0 spiro atoms. The van der Waals surface area contributed by atoms with E-state index in [9.17, 15) is 14.7 Å². The van der Waals surface area contributed by atoms with Crippen LogP contribution in [0.15, 0.2) is 0 Å². The number of carbonyl (C=O) groups is 2. The molecule has 0 saturated carbocycles. The van der Waals surface area contributed by atoms with Crippen LogP contribution in [-0.4, -0.2) is 57.5 Å². The first-order valence-corrected chi connectivity index (χ1v) is 8.91. The lowest BCUT2D eigenvalue weighted by atomic mass is 10.0. The number of hydrogen-bond donors (Lipinski definition) is 1. The largest absolute Gasteiger partial charge is 0.480 e. The summed E-state index contributed by atoms with van der Waals surface area (Å²) < 4.78 is 7.28. The fourth-order valence-corrected chi connectivity index (χ4v) is 3.33. The molecule has 1 aromatic heterocycles. The predicted molar refractivity (Wildman–Crippen MR) is 93.4 cm³/mol. The standard InChI is InChI=1S/C18H29N3O4/c1-12(2)10-21-14(4)16(13(3)19-21)9-17(22)20(11-18(23)24)15-5-7-25-8-6-15/h12,15H,5-11H2,1-4H3,(H,23,24). The molecule has 1 aromatic rings. The second-order valence-electron chi connectivity index (χ2n) is 7.16. The zero-order chi connectivity index (χ0) is 18.6. The highest BCUT2D eigenvalue weighted by atomic mass is 16.5. The van der Waals surface area contributed by atoms with Crippen molar-refractivity contribution in [3.63, 3.8) is 0 Å². The van der Waals surface area contributed by atoms with E-state index in [0.717, 1.165) is 23.5 Å². The van der Waals surface area contributed by atoms with E-state index in [1.54, 1.807) is 0 Å². The molecule has 0 atom stereocenters. The van der Waals surface area contributed by atoms with Crippen LogP contribution in [-0.2, 0) is 27.3 Å². The van der Waals surface area contributed by atoms with Crippen molar-refractivity contribution in [2.75, 3.05) is 19.8 Å². The molecule has 1 aliphatic rings. The molecular formula is C18H29N3O4. The number of carbonyl (C=O) groups excluding carboxylic acids is 1. The van der Waals surface area contributed by atoms with Gasteiger partial charge in [0.2, 0.25) is 5.91 Å². The third-order valence-electron chi connectivity index (χ3n) is 4.65. The first-order valence-electron chi connectivity index (χ1n) is 8.91. The van der Waals surface area contributed by atoms with Gasteiger partial charge < -0.3 is 14.7 Å². The fraction of sp³-hybridized carbons (Fsp3) is 0.722. The zero-order valence-corrected chi connectivity index (χ0v) is 15.6. The van der Waals surface area contributed by atoms with Crippen LogP contribution >= 0.6 is 0 Å². The van der Waals surface area contributed by atoms with Crippen LogP contribution in [0.1, 0.15) is 43.6 Å². The molecule has 0 bridgehead atoms. The molecule has 0 aliphatic carbocycles. The number of hydrogen-bond acceptors (Lipinski definition) is 4. The van der Waals surface area contributed by atoms with Crippen molar-refractivity contribution in [1.29, 1.82) is 0 Å². The molecule has 0 aromatic carbocycles. The van der Waals surface area contributed by atoms with Gasteiger partial charge in [0, 0.05) is 37.1 Å². The lowest BCUT2D eigenvalue weighted by Crippen LogP contribution is -2.46. The highest BCUT2D eigenvalue weighted by Gasteiger charge is 2.28. The highest BCUT2D eigenvalue weighted by Crippen LogP contribution is 2.20. The lowest BCUT2D eigenvalue weighted by Gasteiger charge is -2.33. The van der Waals surface area contributed by atoms with Gasteiger partial charge in [0.25, 0.3) is 0 Å². The molecule has 1 amide bonds. The van der Waals surface area contributed by atoms with Gasteiger partial charge in [-0.1, -0.05) is 13.8 Å². The highest BCUT2D eigenvalue weighted by molar-refractivity contribution is 5.83. The monoisotopic (exact) mass is 351 g/mol. The van der Waals surface area contributed by atoms with Crippen LogP contribution in [0.5, 0.6) is 0 Å². The van der Waals surface area contributed by atoms with E-state index in [4.69, 9.17) is 4.74 Å². The van der Waals surface area contributed by atoms with E-state index in [-0.39, 0.29) is 24.9 Å². The molecule has 0 unspecified atom stereocenters. The number of carboxylic acid groups (broad SMARTS) is 1. The minimum Gasteiger partial charge on any atom is -0.480 e. The number of nitrogens with zero attached hydrogens (tertiary/aromatic N) is 3. The van der Waals surface area contributed by atoms with Crippen molar-refractivity contribution < 1.29 is 19.4 Å². The van der Waals surface area contributed by atoms with E-state index in [1.165, 1.54) is 4.90 Å². The SMILES string of the molecule is Cc1nn(CC(C)C)c(C)c1CC(=O)N(CC(=O)O)C1CCOCC1. The maximum Gasteiger partial charge on any atom is 0.323 e. The van der Waals surface area contributed by atoms with Gasteiger partial charge in [-0.15, -0.1) is 0 Å². The van der Waals surface area contributed by atoms with Gasteiger partial charge in [0.1, 0.15) is 6.54 Å². The Hall–Kier alpha value is -1.89. The first-order chi connectivity index (χ1) is 11.8. The molecule has 7 heteroatoms. The number of aromatic nitrogens is 2. The number of ether oxygens (including phenoxy) is 1. The Kier molecular flexibility index (Phi) is 6.58. The zero-order valence-electron chi connectivity index (χ0n) is 15.6. The fourth-order valence-electron chi connectivity index (χ4n) is 3.33. The molecule has 2 rings (SSSR count). The number of aryl methyl sites for hydroxylation is 1. The van der Waals surface area contributed by atoms with Crippen molar-refractivity contribution >= 4 is 11.9 Å². The molecule has 140 valence electrons. The third-order valence-corrected chi connectivity index (χ3v) is 4.65.